The summed E-state index contributed by atoms with van der Waals surface area (Å²) in [5.74, 6) is -0.690. The van der Waals surface area contributed by atoms with Crippen molar-refractivity contribution >= 4 is 34.7 Å². The van der Waals surface area contributed by atoms with Gasteiger partial charge in [0.2, 0.25) is 17.7 Å². The van der Waals surface area contributed by atoms with Gasteiger partial charge in [-0.1, -0.05) is 18.2 Å². The number of carbonyl (C=O) groups is 3. The summed E-state index contributed by atoms with van der Waals surface area (Å²) < 4.78 is 0. The van der Waals surface area contributed by atoms with Crippen LogP contribution in [0.4, 0.5) is 5.69 Å². The largest absolute Gasteiger partial charge is 0.326 e. The number of carbonyl (C=O) groups excluding carboxylic acids is 3. The van der Waals surface area contributed by atoms with Gasteiger partial charge in [-0.05, 0) is 48.4 Å². The lowest BCUT2D eigenvalue weighted by atomic mass is 9.98. The van der Waals surface area contributed by atoms with E-state index in [-0.39, 0.29) is 30.1 Å². The quantitative estimate of drug-likeness (QED) is 0.749. The van der Waals surface area contributed by atoms with Crippen LogP contribution in [-0.2, 0) is 27.2 Å². The lowest BCUT2D eigenvalue weighted by Crippen LogP contribution is -2.22. The molecule has 0 saturated carbocycles. The van der Waals surface area contributed by atoms with Gasteiger partial charge < -0.3 is 5.32 Å². The molecule has 2 heterocycles. The number of amides is 3. The highest BCUT2D eigenvalue weighted by molar-refractivity contribution is 7.09. The third-order valence-electron chi connectivity index (χ3n) is 4.19. The van der Waals surface area contributed by atoms with Crippen LogP contribution in [0.3, 0.4) is 0 Å². The number of aryl methyl sites for hydroxylation is 1. The molecule has 1 unspecified atom stereocenters. The molecule has 2 N–H and O–H groups in total. The Hall–Kier alpha value is -2.47. The Morgan fingerprint density at radius 3 is 2.64 bits per heavy atom. The van der Waals surface area contributed by atoms with Crippen LogP contribution in [0.25, 0.3) is 0 Å². The maximum Gasteiger partial charge on any atom is 0.230 e. The molecule has 130 valence electrons. The van der Waals surface area contributed by atoms with Crippen LogP contribution in [0.15, 0.2) is 41.8 Å². The Morgan fingerprint density at radius 2 is 2.00 bits per heavy atom. The van der Waals surface area contributed by atoms with Gasteiger partial charge in [0.1, 0.15) is 0 Å². The summed E-state index contributed by atoms with van der Waals surface area (Å²) in [4.78, 5) is 36.1. The molecule has 1 aromatic carbocycles. The smallest absolute Gasteiger partial charge is 0.230 e. The lowest BCUT2D eigenvalue weighted by molar-refractivity contribution is -0.125. The fourth-order valence-electron chi connectivity index (χ4n) is 2.88. The highest BCUT2D eigenvalue weighted by atomic mass is 32.1. The second-order valence-electron chi connectivity index (χ2n) is 6.20. The number of benzene rings is 1. The van der Waals surface area contributed by atoms with E-state index in [9.17, 15) is 14.4 Å². The van der Waals surface area contributed by atoms with Gasteiger partial charge >= 0.3 is 0 Å². The van der Waals surface area contributed by atoms with E-state index < -0.39 is 0 Å². The minimum Gasteiger partial charge on any atom is -0.326 e. The zero-order chi connectivity index (χ0) is 17.6. The van der Waals surface area contributed by atoms with Crippen molar-refractivity contribution in [1.29, 1.82) is 0 Å². The van der Waals surface area contributed by atoms with Crippen molar-refractivity contribution in [2.24, 2.45) is 5.92 Å². The number of thiophene rings is 1. The molecule has 0 spiro atoms. The van der Waals surface area contributed by atoms with Crippen molar-refractivity contribution in [2.75, 3.05) is 5.32 Å². The first-order valence-electron chi connectivity index (χ1n) is 8.35. The van der Waals surface area contributed by atoms with Crippen LogP contribution in [0.5, 0.6) is 0 Å². The van der Waals surface area contributed by atoms with E-state index in [1.54, 1.807) is 11.3 Å². The van der Waals surface area contributed by atoms with E-state index >= 15 is 0 Å². The summed E-state index contributed by atoms with van der Waals surface area (Å²) in [5, 5.41) is 7.25. The standard InChI is InChI=1S/C19H20N2O3S/c22-17(5-1-3-16-4-2-10-25-16)20-15-8-6-13(7-9-15)11-14-12-18(23)21-19(14)24/h2,4,6-10,14H,1,3,5,11-12H2,(H,20,22)(H,21,23,24). The molecule has 0 aliphatic carbocycles. The molecule has 3 amide bonds. The van der Waals surface area contributed by atoms with Crippen LogP contribution < -0.4 is 10.6 Å². The number of hydrogen-bond acceptors (Lipinski definition) is 4. The first kappa shape index (κ1) is 17.4. The fraction of sp³-hybridized carbons (Fsp3) is 0.316. The Labute approximate surface area is 150 Å². The summed E-state index contributed by atoms with van der Waals surface area (Å²) >= 11 is 1.71. The molecule has 1 aromatic heterocycles. The van der Waals surface area contributed by atoms with Gasteiger partial charge in [-0.2, -0.15) is 0 Å². The van der Waals surface area contributed by atoms with Gasteiger partial charge in [0, 0.05) is 23.4 Å². The third-order valence-corrected chi connectivity index (χ3v) is 5.13. The zero-order valence-electron chi connectivity index (χ0n) is 13.8. The van der Waals surface area contributed by atoms with Gasteiger partial charge in [-0.15, -0.1) is 11.3 Å². The Morgan fingerprint density at radius 1 is 1.20 bits per heavy atom. The Balaban J connectivity index is 1.44. The van der Waals surface area contributed by atoms with E-state index in [4.69, 9.17) is 0 Å². The average Bonchev–Trinajstić information content (AvgIpc) is 3.19. The second-order valence-corrected chi connectivity index (χ2v) is 7.23. The summed E-state index contributed by atoms with van der Waals surface area (Å²) in [6.45, 7) is 0. The molecule has 5 nitrogen and oxygen atoms in total. The molecule has 1 saturated heterocycles. The van der Waals surface area contributed by atoms with Crippen LogP contribution >= 0.6 is 11.3 Å². The van der Waals surface area contributed by atoms with E-state index in [0.29, 0.717) is 12.8 Å². The lowest BCUT2D eigenvalue weighted by Gasteiger charge is -2.08. The van der Waals surface area contributed by atoms with Crippen molar-refractivity contribution in [3.8, 4) is 0 Å². The fourth-order valence-corrected chi connectivity index (χ4v) is 3.63. The number of anilines is 1. The molecule has 0 bridgehead atoms. The number of rotatable bonds is 7. The monoisotopic (exact) mass is 356 g/mol. The van der Waals surface area contributed by atoms with Crippen molar-refractivity contribution < 1.29 is 14.4 Å². The molecule has 6 heteroatoms. The van der Waals surface area contributed by atoms with Crippen LogP contribution in [-0.4, -0.2) is 17.7 Å². The predicted molar refractivity (Wildman–Crippen MR) is 97.3 cm³/mol. The van der Waals surface area contributed by atoms with E-state index in [1.165, 1.54) is 4.88 Å². The van der Waals surface area contributed by atoms with Crippen LogP contribution in [0.2, 0.25) is 0 Å². The number of nitrogens with one attached hydrogen (secondary N) is 2. The maximum absolute atomic E-state index is 12.0. The van der Waals surface area contributed by atoms with Crippen LogP contribution in [0.1, 0.15) is 29.7 Å². The topological polar surface area (TPSA) is 75.3 Å². The normalized spacial score (nSPS) is 16.7. The van der Waals surface area contributed by atoms with Crippen molar-refractivity contribution in [1.82, 2.24) is 5.32 Å². The molecule has 1 fully saturated rings. The predicted octanol–water partition coefficient (Wildman–Crippen LogP) is 2.91. The summed E-state index contributed by atoms with van der Waals surface area (Å²) in [6.07, 6.45) is 3.03. The average molecular weight is 356 g/mol. The van der Waals surface area contributed by atoms with Gasteiger partial charge in [-0.3, -0.25) is 19.7 Å². The number of imide groups is 1. The second kappa shape index (κ2) is 8.07. The van der Waals surface area contributed by atoms with Gasteiger partial charge in [0.05, 0.1) is 5.92 Å². The Kier molecular flexibility index (Phi) is 5.60. The first-order chi connectivity index (χ1) is 12.1. The van der Waals surface area contributed by atoms with Crippen molar-refractivity contribution in [3.05, 3.63) is 52.2 Å². The van der Waals surface area contributed by atoms with Gasteiger partial charge in [-0.25, -0.2) is 0 Å². The van der Waals surface area contributed by atoms with Crippen molar-refractivity contribution in [3.63, 3.8) is 0 Å². The van der Waals surface area contributed by atoms with Gasteiger partial charge in [0.25, 0.3) is 0 Å². The summed E-state index contributed by atoms with van der Waals surface area (Å²) in [5.41, 5.74) is 1.72. The highest BCUT2D eigenvalue weighted by Gasteiger charge is 2.30. The molecular weight excluding hydrogens is 336 g/mol. The van der Waals surface area contributed by atoms with E-state index in [1.807, 2.05) is 35.7 Å². The van der Waals surface area contributed by atoms with Crippen LogP contribution in [0, 0.1) is 5.92 Å². The molecule has 25 heavy (non-hydrogen) atoms. The van der Waals surface area contributed by atoms with Gasteiger partial charge in [0.15, 0.2) is 0 Å². The first-order valence-corrected chi connectivity index (χ1v) is 9.23. The SMILES string of the molecule is O=C1CC(Cc2ccc(NC(=O)CCCc3cccs3)cc2)C(=O)N1. The van der Waals surface area contributed by atoms with Crippen molar-refractivity contribution in [2.45, 2.75) is 32.1 Å². The zero-order valence-corrected chi connectivity index (χ0v) is 14.6. The molecule has 2 aromatic rings. The molecule has 1 aliphatic rings. The minimum atomic E-state index is -0.287. The molecule has 3 rings (SSSR count). The molecule has 1 aliphatic heterocycles. The highest BCUT2D eigenvalue weighted by Crippen LogP contribution is 2.19. The Bertz CT molecular complexity index is 753. The van der Waals surface area contributed by atoms with E-state index in [2.05, 4.69) is 16.7 Å². The molecule has 0 radical (unpaired) electrons. The summed E-state index contributed by atoms with van der Waals surface area (Å²) in [6, 6.07) is 11.5. The molecule has 1 atom stereocenters. The third kappa shape index (κ3) is 5.00. The van der Waals surface area contributed by atoms with E-state index in [0.717, 1.165) is 24.1 Å². The number of hydrogen-bond donors (Lipinski definition) is 2. The molecular formula is C19H20N2O3S. The minimum absolute atomic E-state index is 0.00470. The maximum atomic E-state index is 12.0. The summed E-state index contributed by atoms with van der Waals surface area (Å²) in [7, 11) is 0.